The van der Waals surface area contributed by atoms with Crippen LogP contribution in [0.15, 0.2) is 0 Å². The lowest BCUT2D eigenvalue weighted by atomic mass is 10.0. The van der Waals surface area contributed by atoms with Gasteiger partial charge in [0.2, 0.25) is 0 Å². The summed E-state index contributed by atoms with van der Waals surface area (Å²) in [5.41, 5.74) is 0. The fourth-order valence-corrected chi connectivity index (χ4v) is 1.17. The molecule has 0 aromatic carbocycles. The van der Waals surface area contributed by atoms with Crippen molar-refractivity contribution >= 4 is 0 Å². The highest BCUT2D eigenvalue weighted by atomic mass is 19.3. The molecule has 1 saturated heterocycles. The molecule has 1 aliphatic heterocycles. The molecule has 0 saturated carbocycles. The SMILES string of the molecule is O[C@H](C(F)F)[C@@H]1CCNC1. The van der Waals surface area contributed by atoms with E-state index in [1.807, 2.05) is 0 Å². The maximum Gasteiger partial charge on any atom is 0.264 e. The summed E-state index contributed by atoms with van der Waals surface area (Å²) in [7, 11) is 0. The van der Waals surface area contributed by atoms with Crippen molar-refractivity contribution in [2.24, 2.45) is 5.92 Å². The van der Waals surface area contributed by atoms with E-state index in [0.29, 0.717) is 13.0 Å². The minimum atomic E-state index is -2.59. The van der Waals surface area contributed by atoms with E-state index < -0.39 is 12.5 Å². The molecule has 4 heteroatoms. The van der Waals surface area contributed by atoms with Gasteiger partial charge in [-0.15, -0.1) is 0 Å². The van der Waals surface area contributed by atoms with E-state index in [1.54, 1.807) is 0 Å². The van der Waals surface area contributed by atoms with Crippen LogP contribution in [0.25, 0.3) is 0 Å². The Labute approximate surface area is 58.2 Å². The molecule has 1 aliphatic rings. The van der Waals surface area contributed by atoms with Crippen LogP contribution in [0.3, 0.4) is 0 Å². The normalized spacial score (nSPS) is 29.4. The Morgan fingerprint density at radius 3 is 2.60 bits per heavy atom. The molecule has 0 amide bonds. The third kappa shape index (κ3) is 1.64. The van der Waals surface area contributed by atoms with Gasteiger partial charge in [-0.1, -0.05) is 0 Å². The average molecular weight is 151 g/mol. The van der Waals surface area contributed by atoms with E-state index in [-0.39, 0.29) is 5.92 Å². The lowest BCUT2D eigenvalue weighted by molar-refractivity contribution is -0.0338. The predicted molar refractivity (Wildman–Crippen MR) is 33.0 cm³/mol. The molecule has 1 heterocycles. The lowest BCUT2D eigenvalue weighted by Crippen LogP contribution is -2.29. The van der Waals surface area contributed by atoms with Crippen molar-refractivity contribution in [3.63, 3.8) is 0 Å². The average Bonchev–Trinajstić information content (AvgIpc) is 2.36. The highest BCUT2D eigenvalue weighted by Gasteiger charge is 2.29. The highest BCUT2D eigenvalue weighted by Crippen LogP contribution is 2.17. The van der Waals surface area contributed by atoms with E-state index in [9.17, 15) is 8.78 Å². The molecule has 0 aliphatic carbocycles. The summed E-state index contributed by atoms with van der Waals surface area (Å²) in [6.07, 6.45) is -3.37. The van der Waals surface area contributed by atoms with Crippen LogP contribution in [0.2, 0.25) is 0 Å². The Kier molecular flexibility index (Phi) is 2.56. The maximum absolute atomic E-state index is 11.8. The first kappa shape index (κ1) is 7.88. The number of rotatable bonds is 2. The number of hydrogen-bond acceptors (Lipinski definition) is 2. The Morgan fingerprint density at radius 1 is 1.50 bits per heavy atom. The molecule has 1 rings (SSSR count). The van der Waals surface area contributed by atoms with Crippen molar-refractivity contribution in [1.82, 2.24) is 5.32 Å². The molecule has 0 spiro atoms. The molecule has 60 valence electrons. The number of aliphatic hydroxyl groups is 1. The minimum Gasteiger partial charge on any atom is -0.387 e. The van der Waals surface area contributed by atoms with Gasteiger partial charge >= 0.3 is 0 Å². The van der Waals surface area contributed by atoms with Gasteiger partial charge in [0.05, 0.1) is 0 Å². The molecule has 0 aromatic rings. The van der Waals surface area contributed by atoms with E-state index in [4.69, 9.17) is 5.11 Å². The Balaban J connectivity index is 2.32. The zero-order valence-electron chi connectivity index (χ0n) is 5.56. The number of alkyl halides is 2. The molecule has 2 nitrogen and oxygen atoms in total. The second kappa shape index (κ2) is 3.25. The van der Waals surface area contributed by atoms with Crippen molar-refractivity contribution in [2.45, 2.75) is 19.0 Å². The summed E-state index contributed by atoms with van der Waals surface area (Å²) in [5.74, 6) is -0.250. The number of hydrogen-bond donors (Lipinski definition) is 2. The quantitative estimate of drug-likeness (QED) is 0.591. The second-order valence-corrected chi connectivity index (χ2v) is 2.58. The lowest BCUT2D eigenvalue weighted by Gasteiger charge is -2.14. The second-order valence-electron chi connectivity index (χ2n) is 2.58. The summed E-state index contributed by atoms with van der Waals surface area (Å²) in [4.78, 5) is 0. The maximum atomic E-state index is 11.8. The first-order chi connectivity index (χ1) is 4.72. The summed E-state index contributed by atoms with van der Waals surface area (Å²) in [6, 6.07) is 0. The fourth-order valence-electron chi connectivity index (χ4n) is 1.17. The molecule has 2 atom stereocenters. The third-order valence-corrected chi connectivity index (χ3v) is 1.84. The van der Waals surface area contributed by atoms with Crippen molar-refractivity contribution < 1.29 is 13.9 Å². The van der Waals surface area contributed by atoms with Crippen LogP contribution in [0.4, 0.5) is 8.78 Å². The van der Waals surface area contributed by atoms with Crippen LogP contribution in [0.1, 0.15) is 6.42 Å². The molecule has 1 fully saturated rings. The van der Waals surface area contributed by atoms with Crippen LogP contribution in [-0.2, 0) is 0 Å². The molecule has 0 unspecified atom stereocenters. The van der Waals surface area contributed by atoms with Crippen LogP contribution < -0.4 is 5.32 Å². The van der Waals surface area contributed by atoms with Crippen LogP contribution in [0.5, 0.6) is 0 Å². The standard InChI is InChI=1S/C6H11F2NO/c7-6(8)5(10)4-1-2-9-3-4/h4-6,9-10H,1-3H2/t4-,5+/m1/s1. The summed E-state index contributed by atoms with van der Waals surface area (Å²) in [6.45, 7) is 1.26. The van der Waals surface area contributed by atoms with Gasteiger partial charge in [-0.05, 0) is 13.0 Å². The molecule has 0 aromatic heterocycles. The van der Waals surface area contributed by atoms with E-state index in [1.165, 1.54) is 0 Å². The third-order valence-electron chi connectivity index (χ3n) is 1.84. The predicted octanol–water partition coefficient (Wildman–Crippen LogP) is 0.222. The van der Waals surface area contributed by atoms with Gasteiger partial charge in [0.15, 0.2) is 0 Å². The van der Waals surface area contributed by atoms with E-state index >= 15 is 0 Å². The van der Waals surface area contributed by atoms with Crippen LogP contribution in [0, 0.1) is 5.92 Å². The van der Waals surface area contributed by atoms with Gasteiger partial charge in [0.25, 0.3) is 6.43 Å². The Hall–Kier alpha value is -0.220. The van der Waals surface area contributed by atoms with Gasteiger partial charge in [0, 0.05) is 12.5 Å². The van der Waals surface area contributed by atoms with Crippen molar-refractivity contribution in [2.75, 3.05) is 13.1 Å². The minimum absolute atomic E-state index is 0.250. The van der Waals surface area contributed by atoms with Crippen molar-refractivity contribution in [1.29, 1.82) is 0 Å². The zero-order chi connectivity index (χ0) is 7.56. The van der Waals surface area contributed by atoms with Crippen molar-refractivity contribution in [3.05, 3.63) is 0 Å². The first-order valence-corrected chi connectivity index (χ1v) is 3.38. The summed E-state index contributed by atoms with van der Waals surface area (Å²) in [5, 5.41) is 11.8. The largest absolute Gasteiger partial charge is 0.387 e. The van der Waals surface area contributed by atoms with E-state index in [0.717, 1.165) is 6.54 Å². The zero-order valence-corrected chi connectivity index (χ0v) is 5.56. The summed E-state index contributed by atoms with van der Waals surface area (Å²) < 4.78 is 23.6. The van der Waals surface area contributed by atoms with Gasteiger partial charge in [-0.25, -0.2) is 8.78 Å². The summed E-state index contributed by atoms with van der Waals surface area (Å²) >= 11 is 0. The number of halogens is 2. The molecular formula is C6H11F2NO. The van der Waals surface area contributed by atoms with Crippen LogP contribution in [-0.4, -0.2) is 30.7 Å². The van der Waals surface area contributed by atoms with Gasteiger partial charge in [-0.3, -0.25) is 0 Å². The smallest absolute Gasteiger partial charge is 0.264 e. The van der Waals surface area contributed by atoms with Gasteiger partial charge in [-0.2, -0.15) is 0 Å². The molecule has 10 heavy (non-hydrogen) atoms. The molecule has 0 radical (unpaired) electrons. The Bertz CT molecular complexity index is 104. The van der Waals surface area contributed by atoms with Gasteiger partial charge < -0.3 is 10.4 Å². The molecule has 0 bridgehead atoms. The number of nitrogens with one attached hydrogen (secondary N) is 1. The fraction of sp³-hybridized carbons (Fsp3) is 1.00. The van der Waals surface area contributed by atoms with Gasteiger partial charge in [0.1, 0.15) is 6.10 Å². The first-order valence-electron chi connectivity index (χ1n) is 3.38. The molecular weight excluding hydrogens is 140 g/mol. The van der Waals surface area contributed by atoms with E-state index in [2.05, 4.69) is 5.32 Å². The number of aliphatic hydroxyl groups excluding tert-OH is 1. The van der Waals surface area contributed by atoms with Crippen molar-refractivity contribution in [3.8, 4) is 0 Å². The monoisotopic (exact) mass is 151 g/mol. The topological polar surface area (TPSA) is 32.3 Å². The Morgan fingerprint density at radius 2 is 2.20 bits per heavy atom. The molecule has 2 N–H and O–H groups in total. The highest BCUT2D eigenvalue weighted by molar-refractivity contribution is 4.78. The van der Waals surface area contributed by atoms with Crippen LogP contribution >= 0.6 is 0 Å².